The Morgan fingerprint density at radius 1 is 0.667 bits per heavy atom. The van der Waals surface area contributed by atoms with E-state index in [0.29, 0.717) is 0 Å². The lowest BCUT2D eigenvalue weighted by molar-refractivity contribution is 0.643. The van der Waals surface area contributed by atoms with Crippen LogP contribution in [0.25, 0.3) is 0 Å². The zero-order chi connectivity index (χ0) is 18.5. The number of rotatable bonds is 0. The van der Waals surface area contributed by atoms with Gasteiger partial charge in [0.2, 0.25) is 0 Å². The number of hydrogen-bond acceptors (Lipinski definition) is 6. The van der Waals surface area contributed by atoms with E-state index in [1.54, 1.807) is 12.5 Å². The quantitative estimate of drug-likeness (QED) is 0.627. The van der Waals surface area contributed by atoms with Crippen molar-refractivity contribution < 1.29 is 12.6 Å². The van der Waals surface area contributed by atoms with E-state index in [-0.39, 0.29) is 4.75 Å². The molecule has 0 aromatic heterocycles. The summed E-state index contributed by atoms with van der Waals surface area (Å²) in [6.45, 7) is 8.44. The van der Waals surface area contributed by atoms with Crippen molar-refractivity contribution in [3.05, 3.63) is 0 Å². The van der Waals surface area contributed by atoms with Crippen LogP contribution in [-0.4, -0.2) is 66.8 Å². The summed E-state index contributed by atoms with van der Waals surface area (Å²) in [4.78, 5) is 0. The highest BCUT2D eigenvalue weighted by Gasteiger charge is 2.28. The second-order valence-corrected chi connectivity index (χ2v) is 15.7. The van der Waals surface area contributed by atoms with Crippen molar-refractivity contribution in [2.24, 2.45) is 13.1 Å². The smallest absolute Gasteiger partial charge is 0.0518 e. The van der Waals surface area contributed by atoms with Crippen LogP contribution in [0.5, 0.6) is 0 Å². The molecule has 3 rings (SSSR count). The third kappa shape index (κ3) is 7.39. The van der Waals surface area contributed by atoms with Crippen molar-refractivity contribution in [3.8, 4) is 0 Å². The van der Waals surface area contributed by atoms with Crippen LogP contribution < -0.4 is 0 Å². The largest absolute Gasteiger partial charge is 0.250 e. The van der Waals surface area contributed by atoms with Gasteiger partial charge in [-0.15, -0.1) is 0 Å². The minimum Gasteiger partial charge on any atom is -0.250 e. The van der Waals surface area contributed by atoms with E-state index in [0.717, 1.165) is 56.2 Å². The molecule has 144 valence electrons. The lowest BCUT2D eigenvalue weighted by atomic mass is 10.3. The van der Waals surface area contributed by atoms with Gasteiger partial charge in [0.25, 0.3) is 0 Å². The van der Waals surface area contributed by atoms with Gasteiger partial charge in [-0.3, -0.25) is 8.42 Å². The molecule has 0 spiro atoms. The first-order valence-electron chi connectivity index (χ1n) is 8.38. The molecule has 0 bridgehead atoms. The van der Waals surface area contributed by atoms with Gasteiger partial charge in [0.1, 0.15) is 0 Å². The Hall–Kier alpha value is -0.150. The summed E-state index contributed by atoms with van der Waals surface area (Å²) >= 11 is 0. The molecule has 3 aliphatic rings. The highest BCUT2D eigenvalue weighted by molar-refractivity contribution is 7.95. The van der Waals surface area contributed by atoms with Crippen LogP contribution in [-0.2, 0) is 29.2 Å². The van der Waals surface area contributed by atoms with Crippen molar-refractivity contribution in [1.29, 1.82) is 0 Å². The normalized spacial score (nSPS) is 37.9. The van der Waals surface area contributed by atoms with Gasteiger partial charge in [-0.2, -0.15) is 0 Å². The zero-order valence-corrected chi connectivity index (χ0v) is 18.1. The predicted octanol–water partition coefficient (Wildman–Crippen LogP) is 2.63. The van der Waals surface area contributed by atoms with E-state index < -0.39 is 29.2 Å². The third-order valence-corrected chi connectivity index (χ3v) is 10.8. The highest BCUT2D eigenvalue weighted by Crippen LogP contribution is 2.23. The van der Waals surface area contributed by atoms with Crippen LogP contribution in [0.1, 0.15) is 40.0 Å². The maximum atomic E-state index is 11.8. The fourth-order valence-electron chi connectivity index (χ4n) is 2.35. The SMILES string of the molecule is CC(C)(C)[S@@]1(=O)=NCCC1.C[S@@]1(=O)=NCCC1.C[S@]1(=O)=NCCC1. The molecule has 0 aromatic rings. The van der Waals surface area contributed by atoms with E-state index in [1.807, 2.05) is 20.8 Å². The molecule has 24 heavy (non-hydrogen) atoms. The molecular weight excluding hydrogens is 366 g/mol. The van der Waals surface area contributed by atoms with Gasteiger partial charge < -0.3 is 0 Å². The lowest BCUT2D eigenvalue weighted by Gasteiger charge is -2.20. The van der Waals surface area contributed by atoms with Gasteiger partial charge in [-0.1, -0.05) is 0 Å². The van der Waals surface area contributed by atoms with Crippen LogP contribution in [0, 0.1) is 0 Å². The van der Waals surface area contributed by atoms with E-state index in [4.69, 9.17) is 0 Å². The first kappa shape index (κ1) is 21.9. The summed E-state index contributed by atoms with van der Waals surface area (Å²) in [5.41, 5.74) is 0. The summed E-state index contributed by atoms with van der Waals surface area (Å²) in [5.74, 6) is 2.43. The molecule has 3 aliphatic heterocycles. The number of hydrogen-bond donors (Lipinski definition) is 0. The molecule has 3 atom stereocenters. The van der Waals surface area contributed by atoms with Crippen LogP contribution in [0.15, 0.2) is 13.1 Å². The van der Waals surface area contributed by atoms with Gasteiger partial charge >= 0.3 is 0 Å². The first-order valence-corrected chi connectivity index (χ1v) is 14.3. The fourth-order valence-corrected chi connectivity index (χ4v) is 7.04. The van der Waals surface area contributed by atoms with Gasteiger partial charge in [-0.05, 0) is 40.0 Å². The Labute approximate surface area is 149 Å². The molecule has 9 heteroatoms. The topological polar surface area (TPSA) is 88.3 Å². The molecule has 0 fully saturated rings. The van der Waals surface area contributed by atoms with E-state index in [9.17, 15) is 12.6 Å². The van der Waals surface area contributed by atoms with Gasteiger partial charge in [0.15, 0.2) is 0 Å². The molecule has 0 amide bonds. The second kappa shape index (κ2) is 8.49. The molecule has 0 radical (unpaired) electrons. The molecule has 6 nitrogen and oxygen atoms in total. The summed E-state index contributed by atoms with van der Waals surface area (Å²) in [5, 5.41) is 0. The zero-order valence-electron chi connectivity index (χ0n) is 15.7. The van der Waals surface area contributed by atoms with E-state index in [2.05, 4.69) is 13.1 Å². The molecule has 0 saturated carbocycles. The molecule has 0 unspecified atom stereocenters. The number of nitrogens with zero attached hydrogens (tertiary/aromatic N) is 3. The highest BCUT2D eigenvalue weighted by atomic mass is 32.2. The Morgan fingerprint density at radius 2 is 1.04 bits per heavy atom. The third-order valence-electron chi connectivity index (χ3n) is 3.93. The summed E-state index contributed by atoms with van der Waals surface area (Å²) in [7, 11) is -5.19. The minimum absolute atomic E-state index is 0.122. The fraction of sp³-hybridized carbons (Fsp3) is 1.00. The van der Waals surface area contributed by atoms with E-state index >= 15 is 0 Å². The van der Waals surface area contributed by atoms with Crippen LogP contribution in [0.3, 0.4) is 0 Å². The monoisotopic (exact) mass is 399 g/mol. The van der Waals surface area contributed by atoms with Crippen molar-refractivity contribution in [1.82, 2.24) is 0 Å². The van der Waals surface area contributed by atoms with Crippen molar-refractivity contribution in [2.45, 2.75) is 44.8 Å². The second-order valence-electron chi connectivity index (χ2n) is 7.40. The van der Waals surface area contributed by atoms with Crippen LogP contribution in [0.4, 0.5) is 0 Å². The van der Waals surface area contributed by atoms with E-state index in [1.165, 1.54) is 0 Å². The summed E-state index contributed by atoms with van der Waals surface area (Å²) in [6, 6.07) is 0. The summed E-state index contributed by atoms with van der Waals surface area (Å²) in [6.07, 6.45) is 6.50. The molecule has 0 saturated heterocycles. The van der Waals surface area contributed by atoms with Gasteiger partial charge in [0.05, 0.1) is 9.73 Å². The molecule has 0 aromatic carbocycles. The van der Waals surface area contributed by atoms with Crippen molar-refractivity contribution in [3.63, 3.8) is 0 Å². The molecule has 0 aliphatic carbocycles. The Morgan fingerprint density at radius 3 is 1.17 bits per heavy atom. The van der Waals surface area contributed by atoms with Gasteiger partial charge in [-0.25, -0.2) is 17.3 Å². The molecule has 0 N–H and O–H groups in total. The standard InChI is InChI=1S/C7H15NOS.2C4H9NOS/c1-7(2,3)10(9)6-4-5-8-10;2*1-7(6)4-2-3-5-7/h4-6H2,1-3H3;2*2-4H2,1H3/t10-;2*7-/m110/s1. The Bertz CT molecular complexity index is 732. The maximum absolute atomic E-state index is 11.8. The van der Waals surface area contributed by atoms with Crippen molar-refractivity contribution >= 4 is 29.2 Å². The minimum atomic E-state index is -1.84. The molecular formula is C15H33N3O3S3. The summed E-state index contributed by atoms with van der Waals surface area (Å²) < 4.78 is 45.3. The Kier molecular flexibility index (Phi) is 7.74. The van der Waals surface area contributed by atoms with Gasteiger partial charge in [0, 0.05) is 73.6 Å². The predicted molar refractivity (Wildman–Crippen MR) is 106 cm³/mol. The average molecular weight is 400 g/mol. The lowest BCUT2D eigenvalue weighted by Crippen LogP contribution is -2.27. The first-order chi connectivity index (χ1) is 10.9. The van der Waals surface area contributed by atoms with Crippen LogP contribution in [0.2, 0.25) is 0 Å². The van der Waals surface area contributed by atoms with Crippen LogP contribution >= 0.6 is 0 Å². The maximum Gasteiger partial charge on any atom is 0.0518 e. The molecule has 3 heterocycles. The van der Waals surface area contributed by atoms with Crippen molar-refractivity contribution in [2.75, 3.05) is 49.4 Å². The average Bonchev–Trinajstić information content (AvgIpc) is 3.13. The Balaban J connectivity index is 0.000000185.